The van der Waals surface area contributed by atoms with E-state index in [4.69, 9.17) is 0 Å². The van der Waals surface area contributed by atoms with E-state index in [9.17, 15) is 0 Å². The maximum Gasteiger partial charge on any atom is 0.133 e. The maximum atomic E-state index is 4.64. The number of piperidine rings is 1. The maximum absolute atomic E-state index is 4.64. The predicted octanol–water partition coefficient (Wildman–Crippen LogP) is 3.09. The highest BCUT2D eigenvalue weighted by Crippen LogP contribution is 2.26. The molecular formula is C14H20BrN3. The van der Waals surface area contributed by atoms with Gasteiger partial charge in [0.2, 0.25) is 0 Å². The lowest BCUT2D eigenvalue weighted by molar-refractivity contribution is 0.569. The molecule has 2 fully saturated rings. The number of nitrogens with one attached hydrogen (secondary N) is 1. The lowest BCUT2D eigenvalue weighted by Crippen LogP contribution is -2.31. The molecular weight excluding hydrogens is 290 g/mol. The number of pyridine rings is 1. The van der Waals surface area contributed by atoms with Crippen molar-refractivity contribution in [3.8, 4) is 0 Å². The highest BCUT2D eigenvalue weighted by molar-refractivity contribution is 9.10. The molecule has 0 bridgehead atoms. The zero-order valence-corrected chi connectivity index (χ0v) is 12.2. The van der Waals surface area contributed by atoms with E-state index in [0.29, 0.717) is 0 Å². The second kappa shape index (κ2) is 5.57. The molecule has 1 aromatic rings. The Balaban J connectivity index is 1.76. The molecule has 0 unspecified atom stereocenters. The Hall–Kier alpha value is -0.610. The van der Waals surface area contributed by atoms with E-state index in [0.717, 1.165) is 30.1 Å². The Labute approximate surface area is 117 Å². The van der Waals surface area contributed by atoms with Crippen LogP contribution in [-0.2, 0) is 6.54 Å². The Morgan fingerprint density at radius 3 is 2.78 bits per heavy atom. The summed E-state index contributed by atoms with van der Waals surface area (Å²) in [7, 11) is 0. The van der Waals surface area contributed by atoms with Crippen LogP contribution in [0.2, 0.25) is 0 Å². The van der Waals surface area contributed by atoms with Gasteiger partial charge in [-0.3, -0.25) is 0 Å². The number of hydrogen-bond donors (Lipinski definition) is 1. The van der Waals surface area contributed by atoms with E-state index in [1.54, 1.807) is 0 Å². The molecule has 0 atom stereocenters. The van der Waals surface area contributed by atoms with E-state index in [1.807, 2.05) is 6.20 Å². The molecule has 0 spiro atoms. The quantitative estimate of drug-likeness (QED) is 0.926. The van der Waals surface area contributed by atoms with Crippen LogP contribution in [0.5, 0.6) is 0 Å². The normalized spacial score (nSPS) is 20.2. The summed E-state index contributed by atoms with van der Waals surface area (Å²) in [6, 6.07) is 2.96. The van der Waals surface area contributed by atoms with E-state index in [2.05, 4.69) is 37.2 Å². The zero-order chi connectivity index (χ0) is 12.4. The first-order valence-electron chi connectivity index (χ1n) is 6.96. The molecule has 0 radical (unpaired) electrons. The first-order valence-corrected chi connectivity index (χ1v) is 7.75. The first kappa shape index (κ1) is 12.4. The third-order valence-corrected chi connectivity index (χ3v) is 4.16. The number of hydrogen-bond acceptors (Lipinski definition) is 3. The molecule has 2 aliphatic rings. The predicted molar refractivity (Wildman–Crippen MR) is 77.9 cm³/mol. The molecule has 98 valence electrons. The Bertz CT molecular complexity index is 412. The highest BCUT2D eigenvalue weighted by Gasteiger charge is 2.22. The van der Waals surface area contributed by atoms with Gasteiger partial charge in [0.15, 0.2) is 0 Å². The average molecular weight is 310 g/mol. The summed E-state index contributed by atoms with van der Waals surface area (Å²) in [5, 5.41) is 3.59. The molecule has 0 amide bonds. The summed E-state index contributed by atoms with van der Waals surface area (Å²) in [5.41, 5.74) is 1.33. The lowest BCUT2D eigenvalue weighted by atomic mass is 10.1. The first-order chi connectivity index (χ1) is 8.83. The summed E-state index contributed by atoms with van der Waals surface area (Å²) in [5.74, 6) is 1.19. The minimum atomic E-state index is 0.748. The molecule has 0 aromatic carbocycles. The molecule has 1 saturated heterocycles. The van der Waals surface area contributed by atoms with Crippen molar-refractivity contribution in [1.29, 1.82) is 0 Å². The van der Waals surface area contributed by atoms with Crippen molar-refractivity contribution in [1.82, 2.24) is 10.3 Å². The average Bonchev–Trinajstić information content (AvgIpc) is 3.21. The van der Waals surface area contributed by atoms with Gasteiger partial charge in [0.25, 0.3) is 0 Å². The van der Waals surface area contributed by atoms with Crippen LogP contribution in [0.3, 0.4) is 0 Å². The van der Waals surface area contributed by atoms with Crippen LogP contribution >= 0.6 is 15.9 Å². The summed E-state index contributed by atoms with van der Waals surface area (Å²) >= 11 is 3.53. The van der Waals surface area contributed by atoms with Crippen molar-refractivity contribution < 1.29 is 0 Å². The molecule has 4 heteroatoms. The topological polar surface area (TPSA) is 28.2 Å². The minimum absolute atomic E-state index is 0.748. The van der Waals surface area contributed by atoms with Gasteiger partial charge in [-0.2, -0.15) is 0 Å². The van der Waals surface area contributed by atoms with Crippen LogP contribution in [0.1, 0.15) is 37.7 Å². The van der Waals surface area contributed by atoms with Gasteiger partial charge in [-0.05, 0) is 54.1 Å². The Morgan fingerprint density at radius 2 is 2.06 bits per heavy atom. The van der Waals surface area contributed by atoms with Gasteiger partial charge in [-0.1, -0.05) is 0 Å². The molecule has 2 heterocycles. The van der Waals surface area contributed by atoms with Gasteiger partial charge in [-0.15, -0.1) is 0 Å². The van der Waals surface area contributed by atoms with Crippen LogP contribution < -0.4 is 10.2 Å². The summed E-state index contributed by atoms with van der Waals surface area (Å²) in [6.45, 7) is 3.26. The fourth-order valence-electron chi connectivity index (χ4n) is 2.54. The van der Waals surface area contributed by atoms with Crippen molar-refractivity contribution in [2.75, 3.05) is 18.0 Å². The van der Waals surface area contributed by atoms with Crippen LogP contribution in [0.4, 0.5) is 5.82 Å². The van der Waals surface area contributed by atoms with E-state index >= 15 is 0 Å². The summed E-state index contributed by atoms with van der Waals surface area (Å²) in [6.07, 6.45) is 8.55. The van der Waals surface area contributed by atoms with Crippen molar-refractivity contribution in [2.45, 2.75) is 44.7 Å². The molecule has 1 saturated carbocycles. The molecule has 1 aromatic heterocycles. The Morgan fingerprint density at radius 1 is 1.28 bits per heavy atom. The van der Waals surface area contributed by atoms with E-state index < -0.39 is 0 Å². The SMILES string of the molecule is Brc1cnc(N2CCCCC2)c(CNC2CC2)c1. The van der Waals surface area contributed by atoms with E-state index in [1.165, 1.54) is 43.5 Å². The fourth-order valence-corrected chi connectivity index (χ4v) is 2.91. The monoisotopic (exact) mass is 309 g/mol. The second-order valence-electron chi connectivity index (χ2n) is 5.34. The number of rotatable bonds is 4. The molecule has 1 N–H and O–H groups in total. The highest BCUT2D eigenvalue weighted by atomic mass is 79.9. The van der Waals surface area contributed by atoms with Crippen molar-refractivity contribution >= 4 is 21.7 Å². The van der Waals surface area contributed by atoms with Crippen LogP contribution in [-0.4, -0.2) is 24.1 Å². The van der Waals surface area contributed by atoms with Crippen molar-refractivity contribution in [3.63, 3.8) is 0 Å². The van der Waals surface area contributed by atoms with Gasteiger partial charge >= 0.3 is 0 Å². The summed E-state index contributed by atoms with van der Waals surface area (Å²) in [4.78, 5) is 7.08. The van der Waals surface area contributed by atoms with E-state index in [-0.39, 0.29) is 0 Å². The summed E-state index contributed by atoms with van der Waals surface area (Å²) < 4.78 is 1.08. The van der Waals surface area contributed by atoms with Crippen LogP contribution in [0, 0.1) is 0 Å². The van der Waals surface area contributed by atoms with Gasteiger partial charge in [-0.25, -0.2) is 4.98 Å². The third kappa shape index (κ3) is 3.04. The number of aromatic nitrogens is 1. The largest absolute Gasteiger partial charge is 0.356 e. The molecule has 3 nitrogen and oxygen atoms in total. The smallest absolute Gasteiger partial charge is 0.133 e. The minimum Gasteiger partial charge on any atom is -0.356 e. The van der Waals surface area contributed by atoms with Gasteiger partial charge in [0.05, 0.1) is 0 Å². The molecule has 1 aliphatic heterocycles. The van der Waals surface area contributed by atoms with Crippen molar-refractivity contribution in [3.05, 3.63) is 22.3 Å². The number of halogens is 1. The number of nitrogens with zero attached hydrogens (tertiary/aromatic N) is 2. The standard InChI is InChI=1S/C14H20BrN3/c15-12-8-11(9-16-13-4-5-13)14(17-10-12)18-6-2-1-3-7-18/h8,10,13,16H,1-7,9H2. The third-order valence-electron chi connectivity index (χ3n) is 3.72. The number of anilines is 1. The van der Waals surface area contributed by atoms with Crippen molar-refractivity contribution in [2.24, 2.45) is 0 Å². The lowest BCUT2D eigenvalue weighted by Gasteiger charge is -2.29. The molecule has 3 rings (SSSR count). The van der Waals surface area contributed by atoms with Gasteiger partial charge in [0.1, 0.15) is 5.82 Å². The zero-order valence-electron chi connectivity index (χ0n) is 10.7. The Kier molecular flexibility index (Phi) is 3.85. The van der Waals surface area contributed by atoms with Crippen LogP contribution in [0.25, 0.3) is 0 Å². The van der Waals surface area contributed by atoms with Gasteiger partial charge in [0, 0.05) is 41.9 Å². The van der Waals surface area contributed by atoms with Gasteiger partial charge < -0.3 is 10.2 Å². The molecule has 1 aliphatic carbocycles. The molecule has 18 heavy (non-hydrogen) atoms. The fraction of sp³-hybridized carbons (Fsp3) is 0.643. The van der Waals surface area contributed by atoms with Crippen LogP contribution in [0.15, 0.2) is 16.7 Å². The second-order valence-corrected chi connectivity index (χ2v) is 6.25.